The van der Waals surface area contributed by atoms with Gasteiger partial charge in [0.2, 0.25) is 5.88 Å². The van der Waals surface area contributed by atoms with Gasteiger partial charge >= 0.3 is 0 Å². The summed E-state index contributed by atoms with van der Waals surface area (Å²) in [6, 6.07) is 9.36. The van der Waals surface area contributed by atoms with Gasteiger partial charge in [0.1, 0.15) is 18.1 Å². The molecule has 0 atom stereocenters. The Balaban J connectivity index is 1.55. The van der Waals surface area contributed by atoms with Crippen molar-refractivity contribution in [2.24, 2.45) is 0 Å². The molecular formula is C27H29Cl2N3O2. The van der Waals surface area contributed by atoms with Crippen LogP contribution in [0.1, 0.15) is 49.6 Å². The van der Waals surface area contributed by atoms with Crippen LogP contribution in [0.5, 0.6) is 5.88 Å². The highest BCUT2D eigenvalue weighted by molar-refractivity contribution is 6.39. The average Bonchev–Trinajstić information content (AvgIpc) is 3.57. The average molecular weight is 498 g/mol. The molecule has 4 rings (SSSR count). The molecule has 1 aliphatic rings. The lowest BCUT2D eigenvalue weighted by Crippen LogP contribution is -2.21. The summed E-state index contributed by atoms with van der Waals surface area (Å²) < 4.78 is 11.9. The first kappa shape index (κ1) is 24.4. The van der Waals surface area contributed by atoms with Crippen LogP contribution in [0, 0.1) is 6.92 Å². The van der Waals surface area contributed by atoms with Gasteiger partial charge in [-0.25, -0.2) is 4.98 Å². The minimum atomic E-state index is 0.276. The Bertz CT molecular complexity index is 1210. The molecule has 0 amide bonds. The fraction of sp³-hybridized carbons (Fsp3) is 0.333. The zero-order valence-corrected chi connectivity index (χ0v) is 21.5. The van der Waals surface area contributed by atoms with E-state index >= 15 is 0 Å². The third-order valence-corrected chi connectivity index (χ3v) is 6.58. The molecule has 2 aromatic heterocycles. The Hall–Kier alpha value is -2.76. The summed E-state index contributed by atoms with van der Waals surface area (Å²) >= 11 is 12.9. The molecule has 7 heteroatoms. The number of hydrogen-bond acceptors (Lipinski definition) is 5. The third-order valence-electron chi connectivity index (χ3n) is 5.95. The molecule has 5 nitrogen and oxygen atoms in total. The van der Waals surface area contributed by atoms with Crippen LogP contribution >= 0.6 is 23.2 Å². The van der Waals surface area contributed by atoms with Crippen molar-refractivity contribution in [1.29, 1.82) is 0 Å². The second-order valence-electron chi connectivity index (χ2n) is 8.51. The smallest absolute Gasteiger partial charge is 0.213 e. The third kappa shape index (κ3) is 5.31. The van der Waals surface area contributed by atoms with Crippen LogP contribution in [0.3, 0.4) is 0 Å². The summed E-state index contributed by atoms with van der Waals surface area (Å²) in [5.41, 5.74) is 5.38. The van der Waals surface area contributed by atoms with Crippen molar-refractivity contribution in [2.45, 2.75) is 46.1 Å². The van der Waals surface area contributed by atoms with E-state index in [9.17, 15) is 0 Å². The van der Waals surface area contributed by atoms with Crippen molar-refractivity contribution in [3.05, 3.63) is 81.2 Å². The number of allylic oxidation sites excluding steroid dienone is 2. The fourth-order valence-electron chi connectivity index (χ4n) is 4.02. The van der Waals surface area contributed by atoms with E-state index < -0.39 is 0 Å². The summed E-state index contributed by atoms with van der Waals surface area (Å²) in [5.74, 6) is 1.76. The zero-order chi connectivity index (χ0) is 24.2. The molecule has 0 bridgehead atoms. The molecule has 3 aromatic rings. The molecule has 1 aliphatic carbocycles. The lowest BCUT2D eigenvalue weighted by Gasteiger charge is -2.22. The number of nitrogens with zero attached hydrogens (tertiary/aromatic N) is 3. The van der Waals surface area contributed by atoms with Crippen LogP contribution in [0.4, 0.5) is 5.69 Å². The molecule has 0 radical (unpaired) electrons. The van der Waals surface area contributed by atoms with E-state index in [1.54, 1.807) is 12.1 Å². The molecule has 1 aromatic carbocycles. The molecule has 0 aliphatic heterocycles. The summed E-state index contributed by atoms with van der Waals surface area (Å²) in [4.78, 5) is 6.88. The van der Waals surface area contributed by atoms with E-state index in [2.05, 4.69) is 42.3 Å². The lowest BCUT2D eigenvalue weighted by molar-refractivity contribution is 0.288. The molecule has 0 spiro atoms. The van der Waals surface area contributed by atoms with Crippen LogP contribution in [0.2, 0.25) is 10.0 Å². The standard InChI is InChI=1S/C27H29Cl2N3O2/c1-5-8-18(6-2)15-32(4)23-13-14-24(30-17(23)3)33-16-20-26(31-34-27(20)19-11-12-19)25-21(28)9-7-10-22(25)29/h5-10,13-14,19H,11-12,15-16H2,1-4H3/b8-5-,18-6+. The largest absolute Gasteiger partial charge is 0.473 e. The normalized spacial score (nSPS) is 14.1. The lowest BCUT2D eigenvalue weighted by atomic mass is 10.0. The van der Waals surface area contributed by atoms with Gasteiger partial charge in [0.15, 0.2) is 0 Å². The minimum absolute atomic E-state index is 0.276. The van der Waals surface area contributed by atoms with Gasteiger partial charge in [-0.15, -0.1) is 0 Å². The van der Waals surface area contributed by atoms with Crippen molar-refractivity contribution in [3.8, 4) is 17.1 Å². The second kappa shape index (κ2) is 10.7. The maximum atomic E-state index is 6.46. The van der Waals surface area contributed by atoms with Crippen molar-refractivity contribution in [2.75, 3.05) is 18.5 Å². The molecule has 2 heterocycles. The van der Waals surface area contributed by atoms with Gasteiger partial charge in [-0.2, -0.15) is 0 Å². The van der Waals surface area contributed by atoms with E-state index in [4.69, 9.17) is 37.4 Å². The Morgan fingerprint density at radius 1 is 1.18 bits per heavy atom. The van der Waals surface area contributed by atoms with Gasteiger partial charge in [0.05, 0.1) is 27.0 Å². The van der Waals surface area contributed by atoms with Crippen molar-refractivity contribution < 1.29 is 9.26 Å². The Labute approximate surface area is 211 Å². The molecule has 1 fully saturated rings. The molecule has 1 saturated carbocycles. The van der Waals surface area contributed by atoms with Crippen LogP contribution in [0.25, 0.3) is 11.3 Å². The zero-order valence-electron chi connectivity index (χ0n) is 19.9. The van der Waals surface area contributed by atoms with Gasteiger partial charge < -0.3 is 14.2 Å². The first-order valence-corrected chi connectivity index (χ1v) is 12.2. The van der Waals surface area contributed by atoms with E-state index in [0.29, 0.717) is 33.1 Å². The quantitative estimate of drug-likeness (QED) is 0.282. The van der Waals surface area contributed by atoms with E-state index in [1.807, 2.05) is 32.0 Å². The van der Waals surface area contributed by atoms with E-state index in [1.165, 1.54) is 5.57 Å². The van der Waals surface area contributed by atoms with Crippen LogP contribution in [0.15, 0.2) is 58.7 Å². The SMILES string of the molecule is C/C=C\C(=C/C)CN(C)c1ccc(OCc2c(-c3c(Cl)cccc3Cl)noc2C2CC2)nc1C. The number of likely N-dealkylation sites (N-methyl/N-ethyl adjacent to an activating group) is 1. The van der Waals surface area contributed by atoms with Gasteiger partial charge in [-0.3, -0.25) is 0 Å². The maximum absolute atomic E-state index is 6.46. The molecule has 34 heavy (non-hydrogen) atoms. The summed E-state index contributed by atoms with van der Waals surface area (Å²) in [6.07, 6.45) is 8.46. The van der Waals surface area contributed by atoms with Gasteiger partial charge in [0.25, 0.3) is 0 Å². The highest BCUT2D eigenvalue weighted by atomic mass is 35.5. The topological polar surface area (TPSA) is 51.4 Å². The minimum Gasteiger partial charge on any atom is -0.473 e. The predicted molar refractivity (Wildman–Crippen MR) is 139 cm³/mol. The number of benzene rings is 1. The summed E-state index contributed by atoms with van der Waals surface area (Å²) in [6.45, 7) is 7.15. The number of ether oxygens (including phenoxy) is 1. The highest BCUT2D eigenvalue weighted by Crippen LogP contribution is 2.46. The fourth-order valence-corrected chi connectivity index (χ4v) is 4.60. The number of aromatic nitrogens is 2. The number of aryl methyl sites for hydroxylation is 1. The number of halogens is 2. The van der Waals surface area contributed by atoms with E-state index in [0.717, 1.165) is 42.1 Å². The maximum Gasteiger partial charge on any atom is 0.213 e. The number of pyridine rings is 1. The number of rotatable bonds is 9. The molecule has 0 saturated heterocycles. The number of hydrogen-bond donors (Lipinski definition) is 0. The Kier molecular flexibility index (Phi) is 7.64. The second-order valence-corrected chi connectivity index (χ2v) is 9.32. The first-order valence-electron chi connectivity index (χ1n) is 11.4. The molecule has 178 valence electrons. The Morgan fingerprint density at radius 3 is 2.53 bits per heavy atom. The van der Waals surface area contributed by atoms with Crippen LogP contribution in [-0.4, -0.2) is 23.7 Å². The highest BCUT2D eigenvalue weighted by Gasteiger charge is 2.33. The molecular weight excluding hydrogens is 469 g/mol. The van der Waals surface area contributed by atoms with Crippen molar-refractivity contribution in [1.82, 2.24) is 10.1 Å². The summed E-state index contributed by atoms with van der Waals surface area (Å²) in [5, 5.41) is 5.39. The van der Waals surface area contributed by atoms with Gasteiger partial charge in [-0.05, 0) is 57.4 Å². The first-order chi connectivity index (χ1) is 16.4. The van der Waals surface area contributed by atoms with Crippen LogP contribution in [-0.2, 0) is 6.61 Å². The van der Waals surface area contributed by atoms with Crippen molar-refractivity contribution >= 4 is 28.9 Å². The molecule has 0 N–H and O–H groups in total. The number of anilines is 1. The Morgan fingerprint density at radius 2 is 1.91 bits per heavy atom. The van der Waals surface area contributed by atoms with Gasteiger partial charge in [0, 0.05) is 31.1 Å². The van der Waals surface area contributed by atoms with E-state index in [-0.39, 0.29) is 6.61 Å². The monoisotopic (exact) mass is 497 g/mol. The van der Waals surface area contributed by atoms with Crippen molar-refractivity contribution in [3.63, 3.8) is 0 Å². The van der Waals surface area contributed by atoms with Crippen LogP contribution < -0.4 is 9.64 Å². The molecule has 0 unspecified atom stereocenters. The predicted octanol–water partition coefficient (Wildman–Crippen LogP) is 7.77. The summed E-state index contributed by atoms with van der Waals surface area (Å²) in [7, 11) is 2.07. The van der Waals surface area contributed by atoms with Gasteiger partial charge in [-0.1, -0.05) is 52.7 Å².